The molecule has 0 fully saturated rings. The second kappa shape index (κ2) is 6.00. The topological polar surface area (TPSA) is 76.9 Å². The summed E-state index contributed by atoms with van der Waals surface area (Å²) in [5.41, 5.74) is 0.327. The number of halogens is 2. The maximum absolute atomic E-state index is 13.9. The van der Waals surface area contributed by atoms with Gasteiger partial charge in [0.05, 0.1) is 18.1 Å². The highest BCUT2D eigenvalue weighted by atomic mass is 32.2. The van der Waals surface area contributed by atoms with E-state index in [9.17, 15) is 17.2 Å². The van der Waals surface area contributed by atoms with Crippen LogP contribution >= 0.6 is 0 Å². The molecule has 0 bridgehead atoms. The minimum absolute atomic E-state index is 0.0581. The molecule has 3 rings (SSSR count). The predicted molar refractivity (Wildman–Crippen MR) is 83.3 cm³/mol. The van der Waals surface area contributed by atoms with Gasteiger partial charge in [-0.1, -0.05) is 12.1 Å². The SMILES string of the molecule is Cc1cccc(F)c1S(=O)(=O)Nc1cnn(-c2ncccc2F)c1. The van der Waals surface area contributed by atoms with Crippen molar-refractivity contribution in [2.45, 2.75) is 11.8 Å². The fourth-order valence-corrected chi connectivity index (χ4v) is 3.53. The van der Waals surface area contributed by atoms with E-state index in [4.69, 9.17) is 0 Å². The van der Waals surface area contributed by atoms with Crippen molar-refractivity contribution in [1.82, 2.24) is 14.8 Å². The third kappa shape index (κ3) is 2.98. The summed E-state index contributed by atoms with van der Waals surface area (Å²) in [5.74, 6) is -1.55. The lowest BCUT2D eigenvalue weighted by Gasteiger charge is -2.09. The molecule has 0 aliphatic rings. The molecule has 0 aliphatic heterocycles. The van der Waals surface area contributed by atoms with Crippen LogP contribution in [0.1, 0.15) is 5.56 Å². The number of sulfonamides is 1. The Kier molecular flexibility index (Phi) is 4.02. The molecule has 0 amide bonds. The summed E-state index contributed by atoms with van der Waals surface area (Å²) < 4.78 is 55.6. The van der Waals surface area contributed by atoms with Gasteiger partial charge in [-0.3, -0.25) is 4.72 Å². The quantitative estimate of drug-likeness (QED) is 0.785. The summed E-state index contributed by atoms with van der Waals surface area (Å²) in [7, 11) is -4.15. The molecular formula is C15H12F2N4O2S. The van der Waals surface area contributed by atoms with E-state index in [1.165, 1.54) is 49.8 Å². The Morgan fingerprint density at radius 2 is 1.88 bits per heavy atom. The smallest absolute Gasteiger partial charge is 0.265 e. The number of pyridine rings is 1. The Morgan fingerprint density at radius 3 is 2.58 bits per heavy atom. The van der Waals surface area contributed by atoms with Gasteiger partial charge in [0.1, 0.15) is 10.7 Å². The number of hydrogen-bond donors (Lipinski definition) is 1. The molecule has 2 aromatic heterocycles. The number of hydrogen-bond acceptors (Lipinski definition) is 4. The van der Waals surface area contributed by atoms with E-state index >= 15 is 0 Å². The Bertz CT molecular complexity index is 982. The largest absolute Gasteiger partial charge is 0.276 e. The van der Waals surface area contributed by atoms with Gasteiger partial charge in [-0.15, -0.1) is 0 Å². The van der Waals surface area contributed by atoms with E-state index in [1.54, 1.807) is 0 Å². The zero-order valence-corrected chi connectivity index (χ0v) is 13.3. The van der Waals surface area contributed by atoms with Gasteiger partial charge >= 0.3 is 0 Å². The zero-order chi connectivity index (χ0) is 17.3. The van der Waals surface area contributed by atoms with Gasteiger partial charge in [-0.2, -0.15) is 5.10 Å². The lowest BCUT2D eigenvalue weighted by molar-refractivity contribution is 0.568. The normalized spacial score (nSPS) is 11.5. The highest BCUT2D eigenvalue weighted by molar-refractivity contribution is 7.92. The van der Waals surface area contributed by atoms with Gasteiger partial charge < -0.3 is 0 Å². The van der Waals surface area contributed by atoms with Gasteiger partial charge in [0, 0.05) is 6.20 Å². The lowest BCUT2D eigenvalue weighted by Crippen LogP contribution is -2.15. The zero-order valence-electron chi connectivity index (χ0n) is 12.4. The first-order valence-corrected chi connectivity index (χ1v) is 8.30. The number of rotatable bonds is 4. The third-order valence-corrected chi connectivity index (χ3v) is 4.78. The van der Waals surface area contributed by atoms with E-state index in [0.717, 1.165) is 10.7 Å². The summed E-state index contributed by atoms with van der Waals surface area (Å²) in [6.07, 6.45) is 3.81. The van der Waals surface area contributed by atoms with Crippen LogP contribution in [-0.4, -0.2) is 23.2 Å². The fourth-order valence-electron chi connectivity index (χ4n) is 2.20. The first kappa shape index (κ1) is 16.1. The molecule has 1 aromatic carbocycles. The molecule has 0 atom stereocenters. The van der Waals surface area contributed by atoms with Crippen molar-refractivity contribution in [3.05, 3.63) is 66.1 Å². The van der Waals surface area contributed by atoms with E-state index in [-0.39, 0.29) is 17.1 Å². The van der Waals surface area contributed by atoms with E-state index in [1.807, 2.05) is 0 Å². The maximum Gasteiger partial charge on any atom is 0.265 e. The molecule has 0 saturated heterocycles. The Morgan fingerprint density at radius 1 is 1.12 bits per heavy atom. The van der Waals surface area contributed by atoms with Gasteiger partial charge in [0.25, 0.3) is 10.0 Å². The number of anilines is 1. The van der Waals surface area contributed by atoms with Crippen molar-refractivity contribution in [1.29, 1.82) is 0 Å². The molecule has 0 saturated carbocycles. The summed E-state index contributed by atoms with van der Waals surface area (Å²) in [6.45, 7) is 1.49. The highest BCUT2D eigenvalue weighted by Crippen LogP contribution is 2.22. The van der Waals surface area contributed by atoms with Crippen molar-refractivity contribution in [2.75, 3.05) is 4.72 Å². The Hall–Kier alpha value is -2.81. The molecule has 3 aromatic rings. The number of nitrogens with zero attached hydrogens (tertiary/aromatic N) is 3. The fraction of sp³-hybridized carbons (Fsp3) is 0.0667. The Balaban J connectivity index is 1.94. The average Bonchev–Trinajstić information content (AvgIpc) is 2.94. The standard InChI is InChI=1S/C15H12F2N4O2S/c1-10-4-2-5-12(16)14(10)24(22,23)20-11-8-19-21(9-11)15-13(17)6-3-7-18-15/h2-9,20H,1H3. The highest BCUT2D eigenvalue weighted by Gasteiger charge is 2.22. The van der Waals surface area contributed by atoms with Crippen molar-refractivity contribution in [3.63, 3.8) is 0 Å². The van der Waals surface area contributed by atoms with Crippen molar-refractivity contribution in [2.24, 2.45) is 0 Å². The minimum Gasteiger partial charge on any atom is -0.276 e. The van der Waals surface area contributed by atoms with Crippen LogP contribution in [0.3, 0.4) is 0 Å². The number of aromatic nitrogens is 3. The molecule has 2 heterocycles. The molecule has 9 heteroatoms. The first-order valence-electron chi connectivity index (χ1n) is 6.82. The maximum atomic E-state index is 13.9. The van der Waals surface area contributed by atoms with Crippen LogP contribution in [0.15, 0.2) is 53.8 Å². The molecule has 24 heavy (non-hydrogen) atoms. The predicted octanol–water partition coefficient (Wildman–Crippen LogP) is 2.65. The van der Waals surface area contributed by atoms with Crippen molar-refractivity contribution < 1.29 is 17.2 Å². The molecule has 1 N–H and O–H groups in total. The number of benzene rings is 1. The summed E-state index contributed by atoms with van der Waals surface area (Å²) in [6, 6.07) is 6.60. The number of aryl methyl sites for hydroxylation is 1. The van der Waals surface area contributed by atoms with E-state index in [2.05, 4.69) is 14.8 Å². The van der Waals surface area contributed by atoms with Crippen LogP contribution in [0.5, 0.6) is 0 Å². The van der Waals surface area contributed by atoms with Crippen molar-refractivity contribution >= 4 is 15.7 Å². The van der Waals surface area contributed by atoms with E-state index in [0.29, 0.717) is 0 Å². The van der Waals surface area contributed by atoms with Crippen LogP contribution in [0.4, 0.5) is 14.5 Å². The Labute approximate surface area is 136 Å². The van der Waals surface area contributed by atoms with Gasteiger partial charge in [0.15, 0.2) is 11.6 Å². The van der Waals surface area contributed by atoms with Crippen LogP contribution in [0, 0.1) is 18.6 Å². The molecular weight excluding hydrogens is 338 g/mol. The molecule has 0 unspecified atom stereocenters. The average molecular weight is 350 g/mol. The second-order valence-electron chi connectivity index (χ2n) is 4.97. The monoisotopic (exact) mass is 350 g/mol. The van der Waals surface area contributed by atoms with E-state index < -0.39 is 26.6 Å². The van der Waals surface area contributed by atoms with Crippen LogP contribution in [-0.2, 0) is 10.0 Å². The van der Waals surface area contributed by atoms with Crippen LogP contribution < -0.4 is 4.72 Å². The van der Waals surface area contributed by atoms with Gasteiger partial charge in [-0.25, -0.2) is 26.9 Å². The second-order valence-corrected chi connectivity index (χ2v) is 6.59. The summed E-state index contributed by atoms with van der Waals surface area (Å²) >= 11 is 0. The lowest BCUT2D eigenvalue weighted by atomic mass is 10.2. The van der Waals surface area contributed by atoms with Crippen molar-refractivity contribution in [3.8, 4) is 5.82 Å². The first-order chi connectivity index (χ1) is 11.4. The van der Waals surface area contributed by atoms with Gasteiger partial charge in [0.2, 0.25) is 0 Å². The van der Waals surface area contributed by atoms with Gasteiger partial charge in [-0.05, 0) is 30.7 Å². The minimum atomic E-state index is -4.15. The molecule has 0 radical (unpaired) electrons. The summed E-state index contributed by atoms with van der Waals surface area (Å²) in [4.78, 5) is 3.39. The van der Waals surface area contributed by atoms with Crippen LogP contribution in [0.2, 0.25) is 0 Å². The molecule has 0 aliphatic carbocycles. The molecule has 124 valence electrons. The van der Waals surface area contributed by atoms with Crippen LogP contribution in [0.25, 0.3) is 5.82 Å². The summed E-state index contributed by atoms with van der Waals surface area (Å²) in [5, 5.41) is 3.86. The number of nitrogens with one attached hydrogen (secondary N) is 1. The molecule has 0 spiro atoms. The third-order valence-electron chi connectivity index (χ3n) is 3.22. The molecule has 6 nitrogen and oxygen atoms in total.